The highest BCUT2D eigenvalue weighted by atomic mass is 16.5. The van der Waals surface area contributed by atoms with Crippen molar-refractivity contribution in [2.24, 2.45) is 0 Å². The molecule has 0 saturated heterocycles. The molecule has 1 unspecified atom stereocenters. The molecule has 0 spiro atoms. The van der Waals surface area contributed by atoms with Crippen LogP contribution in [0.5, 0.6) is 0 Å². The van der Waals surface area contributed by atoms with Gasteiger partial charge in [-0.05, 0) is 38.8 Å². The van der Waals surface area contributed by atoms with Crippen molar-refractivity contribution in [3.8, 4) is 0 Å². The topological polar surface area (TPSA) is 21.3 Å². The third-order valence-corrected chi connectivity index (χ3v) is 2.53. The lowest BCUT2D eigenvalue weighted by Gasteiger charge is -2.14. The summed E-state index contributed by atoms with van der Waals surface area (Å²) in [6, 6.07) is 0. The van der Waals surface area contributed by atoms with E-state index in [0.717, 1.165) is 6.54 Å². The van der Waals surface area contributed by atoms with E-state index in [1.807, 2.05) is 7.11 Å². The zero-order valence-corrected chi connectivity index (χ0v) is 10.1. The third-order valence-electron chi connectivity index (χ3n) is 2.53. The van der Waals surface area contributed by atoms with Gasteiger partial charge in [0.2, 0.25) is 0 Å². The molecule has 0 radical (unpaired) electrons. The molecule has 2 nitrogen and oxygen atoms in total. The Labute approximate surface area is 89.4 Å². The normalized spacial score (nSPS) is 13.1. The van der Waals surface area contributed by atoms with Crippen LogP contribution in [-0.4, -0.2) is 26.3 Å². The number of unbranched alkanes of at least 4 members (excludes halogenated alkanes) is 1. The van der Waals surface area contributed by atoms with Crippen LogP contribution in [0.3, 0.4) is 0 Å². The average Bonchev–Trinajstić information content (AvgIpc) is 2.21. The van der Waals surface area contributed by atoms with E-state index in [4.69, 9.17) is 4.74 Å². The smallest absolute Gasteiger partial charge is 0.0571 e. The van der Waals surface area contributed by atoms with E-state index in [2.05, 4.69) is 19.2 Å². The minimum absolute atomic E-state index is 0.480. The monoisotopic (exact) mass is 201 g/mol. The lowest BCUT2D eigenvalue weighted by Crippen LogP contribution is -2.19. The Hall–Kier alpha value is -0.0800. The molecule has 0 aliphatic heterocycles. The molecule has 0 aromatic rings. The molecule has 0 fully saturated rings. The maximum atomic E-state index is 5.39. The zero-order chi connectivity index (χ0) is 10.6. The second-order valence-corrected chi connectivity index (χ2v) is 3.89. The van der Waals surface area contributed by atoms with Gasteiger partial charge < -0.3 is 10.1 Å². The Bertz CT molecular complexity index is 106. The van der Waals surface area contributed by atoms with E-state index in [9.17, 15) is 0 Å². The van der Waals surface area contributed by atoms with E-state index in [-0.39, 0.29) is 0 Å². The van der Waals surface area contributed by atoms with E-state index in [1.54, 1.807) is 0 Å². The van der Waals surface area contributed by atoms with Crippen LogP contribution in [-0.2, 0) is 4.74 Å². The van der Waals surface area contributed by atoms with Gasteiger partial charge in [0, 0.05) is 7.11 Å². The first-order chi connectivity index (χ1) is 6.85. The van der Waals surface area contributed by atoms with Crippen molar-refractivity contribution in [2.45, 2.75) is 58.5 Å². The van der Waals surface area contributed by atoms with Crippen LogP contribution in [0.15, 0.2) is 0 Å². The van der Waals surface area contributed by atoms with Crippen molar-refractivity contribution in [1.82, 2.24) is 5.32 Å². The van der Waals surface area contributed by atoms with Gasteiger partial charge in [-0.1, -0.05) is 26.7 Å². The Morgan fingerprint density at radius 3 is 2.29 bits per heavy atom. The molecule has 1 atom stereocenters. The molecular formula is C12H27NO. The van der Waals surface area contributed by atoms with E-state index in [1.165, 1.54) is 45.1 Å². The number of nitrogens with one attached hydrogen (secondary N) is 1. The summed E-state index contributed by atoms with van der Waals surface area (Å²) in [5.41, 5.74) is 0. The highest BCUT2D eigenvalue weighted by Gasteiger charge is 2.04. The molecule has 0 aliphatic rings. The summed E-state index contributed by atoms with van der Waals surface area (Å²) >= 11 is 0. The van der Waals surface area contributed by atoms with Crippen molar-refractivity contribution >= 4 is 0 Å². The maximum absolute atomic E-state index is 5.39. The van der Waals surface area contributed by atoms with Gasteiger partial charge in [-0.3, -0.25) is 0 Å². The first-order valence-corrected chi connectivity index (χ1v) is 6.08. The summed E-state index contributed by atoms with van der Waals surface area (Å²) in [6.45, 7) is 6.75. The van der Waals surface area contributed by atoms with Crippen molar-refractivity contribution in [1.29, 1.82) is 0 Å². The van der Waals surface area contributed by atoms with Gasteiger partial charge in [-0.25, -0.2) is 0 Å². The number of rotatable bonds is 10. The van der Waals surface area contributed by atoms with Crippen LogP contribution >= 0.6 is 0 Å². The summed E-state index contributed by atoms with van der Waals surface area (Å²) in [7, 11) is 1.82. The van der Waals surface area contributed by atoms with Crippen molar-refractivity contribution < 1.29 is 4.74 Å². The summed E-state index contributed by atoms with van der Waals surface area (Å²) in [4.78, 5) is 0. The summed E-state index contributed by atoms with van der Waals surface area (Å²) in [5.74, 6) is 0. The number of hydrogen-bond acceptors (Lipinski definition) is 2. The van der Waals surface area contributed by atoms with Crippen molar-refractivity contribution in [3.63, 3.8) is 0 Å². The largest absolute Gasteiger partial charge is 0.381 e. The van der Waals surface area contributed by atoms with Gasteiger partial charge in [0.05, 0.1) is 6.10 Å². The maximum Gasteiger partial charge on any atom is 0.0571 e. The molecule has 86 valence electrons. The van der Waals surface area contributed by atoms with Gasteiger partial charge in [0.15, 0.2) is 0 Å². The van der Waals surface area contributed by atoms with Crippen molar-refractivity contribution in [3.05, 3.63) is 0 Å². The Kier molecular flexibility index (Phi) is 10.9. The Morgan fingerprint density at radius 2 is 1.71 bits per heavy atom. The van der Waals surface area contributed by atoms with E-state index < -0.39 is 0 Å². The van der Waals surface area contributed by atoms with E-state index in [0.29, 0.717) is 6.10 Å². The van der Waals surface area contributed by atoms with Crippen LogP contribution < -0.4 is 5.32 Å². The molecule has 0 amide bonds. The zero-order valence-electron chi connectivity index (χ0n) is 10.1. The summed E-state index contributed by atoms with van der Waals surface area (Å²) in [6.07, 6.45) is 7.92. The first kappa shape index (κ1) is 13.9. The minimum atomic E-state index is 0.480. The molecule has 0 aliphatic carbocycles. The molecule has 0 rings (SSSR count). The molecular weight excluding hydrogens is 174 g/mol. The number of hydrogen-bond donors (Lipinski definition) is 1. The van der Waals surface area contributed by atoms with Crippen LogP contribution in [0.4, 0.5) is 0 Å². The standard InChI is InChI=1S/C12H27NO/c1-4-6-10-13-11-7-9-12(14-3)8-5-2/h12-13H,4-11H2,1-3H3. The van der Waals surface area contributed by atoms with Crippen LogP contribution in [0.2, 0.25) is 0 Å². The fourth-order valence-electron chi connectivity index (χ4n) is 1.58. The molecule has 0 aromatic heterocycles. The molecule has 0 saturated carbocycles. The number of methoxy groups -OCH3 is 1. The van der Waals surface area contributed by atoms with Crippen LogP contribution in [0, 0.1) is 0 Å². The van der Waals surface area contributed by atoms with Gasteiger partial charge in [0.25, 0.3) is 0 Å². The molecule has 2 heteroatoms. The lowest BCUT2D eigenvalue weighted by atomic mass is 10.1. The van der Waals surface area contributed by atoms with Gasteiger partial charge in [-0.2, -0.15) is 0 Å². The second-order valence-electron chi connectivity index (χ2n) is 3.89. The van der Waals surface area contributed by atoms with Crippen molar-refractivity contribution in [2.75, 3.05) is 20.2 Å². The van der Waals surface area contributed by atoms with Gasteiger partial charge in [0.1, 0.15) is 0 Å². The second kappa shape index (κ2) is 11.0. The average molecular weight is 201 g/mol. The molecule has 0 heterocycles. The first-order valence-electron chi connectivity index (χ1n) is 6.08. The SMILES string of the molecule is CCCCNCCCC(CCC)OC. The molecule has 0 bridgehead atoms. The summed E-state index contributed by atoms with van der Waals surface area (Å²) in [5, 5.41) is 3.45. The Morgan fingerprint density at radius 1 is 1.00 bits per heavy atom. The fraction of sp³-hybridized carbons (Fsp3) is 1.00. The van der Waals surface area contributed by atoms with Crippen LogP contribution in [0.25, 0.3) is 0 Å². The molecule has 14 heavy (non-hydrogen) atoms. The van der Waals surface area contributed by atoms with Gasteiger partial charge >= 0.3 is 0 Å². The van der Waals surface area contributed by atoms with Gasteiger partial charge in [-0.15, -0.1) is 0 Å². The summed E-state index contributed by atoms with van der Waals surface area (Å²) < 4.78 is 5.39. The third kappa shape index (κ3) is 8.52. The quantitative estimate of drug-likeness (QED) is 0.549. The van der Waals surface area contributed by atoms with E-state index >= 15 is 0 Å². The highest BCUT2D eigenvalue weighted by Crippen LogP contribution is 2.07. The number of ether oxygens (including phenoxy) is 1. The molecule has 1 N–H and O–H groups in total. The van der Waals surface area contributed by atoms with Crippen LogP contribution in [0.1, 0.15) is 52.4 Å². The fourth-order valence-corrected chi connectivity index (χ4v) is 1.58. The lowest BCUT2D eigenvalue weighted by molar-refractivity contribution is 0.0856. The Balaban J connectivity index is 3.15. The molecule has 0 aromatic carbocycles. The minimum Gasteiger partial charge on any atom is -0.381 e. The predicted molar refractivity (Wildman–Crippen MR) is 62.7 cm³/mol. The highest BCUT2D eigenvalue weighted by molar-refractivity contribution is 4.58. The predicted octanol–water partition coefficient (Wildman–Crippen LogP) is 2.97.